The average Bonchev–Trinajstić information content (AvgIpc) is 2.14. The van der Waals surface area contributed by atoms with Gasteiger partial charge in [-0.2, -0.15) is 0 Å². The van der Waals surface area contributed by atoms with Gasteiger partial charge in [0, 0.05) is 6.07 Å². The Morgan fingerprint density at radius 2 is 2.00 bits per heavy atom. The van der Waals surface area contributed by atoms with E-state index in [0.29, 0.717) is 0 Å². The number of carbonyl (C=O) groups is 1. The van der Waals surface area contributed by atoms with Gasteiger partial charge in [-0.1, -0.05) is 6.07 Å². The molecule has 0 spiro atoms. The molecule has 0 aliphatic heterocycles. The molecule has 0 heterocycles. The minimum absolute atomic E-state index is 0.0563. The lowest BCUT2D eigenvalue weighted by molar-refractivity contribution is -0.385. The van der Waals surface area contributed by atoms with Crippen molar-refractivity contribution in [2.45, 2.75) is 6.36 Å². The number of benzene rings is 1. The maximum atomic E-state index is 11.9. The SMILES string of the molecule is O=Cc1c(OC(F)(F)F)cccc1[N+](=O)[O-]. The summed E-state index contributed by atoms with van der Waals surface area (Å²) in [6.45, 7) is 0. The van der Waals surface area contributed by atoms with Gasteiger partial charge in [-0.25, -0.2) is 0 Å². The molecule has 0 aliphatic rings. The lowest BCUT2D eigenvalue weighted by Crippen LogP contribution is -2.18. The van der Waals surface area contributed by atoms with Crippen LogP contribution in [0.15, 0.2) is 18.2 Å². The number of hydrogen-bond acceptors (Lipinski definition) is 4. The second-order valence-electron chi connectivity index (χ2n) is 2.61. The maximum Gasteiger partial charge on any atom is 0.573 e. The molecule has 5 nitrogen and oxygen atoms in total. The summed E-state index contributed by atoms with van der Waals surface area (Å²) in [6.07, 6.45) is -5.06. The predicted molar refractivity (Wildman–Crippen MR) is 45.2 cm³/mol. The molecule has 1 rings (SSSR count). The quantitative estimate of drug-likeness (QED) is 0.458. The van der Waals surface area contributed by atoms with Crippen molar-refractivity contribution in [1.29, 1.82) is 0 Å². The molecule has 16 heavy (non-hydrogen) atoms. The molecule has 86 valence electrons. The minimum atomic E-state index is -5.01. The molecule has 0 aliphatic carbocycles. The lowest BCUT2D eigenvalue weighted by Gasteiger charge is -2.10. The summed E-state index contributed by atoms with van der Waals surface area (Å²) in [5, 5.41) is 10.4. The van der Waals surface area contributed by atoms with Gasteiger partial charge in [-0.3, -0.25) is 14.9 Å². The minimum Gasteiger partial charge on any atom is -0.405 e. The summed E-state index contributed by atoms with van der Waals surface area (Å²) in [5.74, 6) is -0.892. The van der Waals surface area contributed by atoms with Gasteiger partial charge in [0.1, 0.15) is 11.3 Å². The molecule has 0 unspecified atom stereocenters. The Morgan fingerprint density at radius 1 is 1.38 bits per heavy atom. The van der Waals surface area contributed by atoms with Gasteiger partial charge in [0.25, 0.3) is 5.69 Å². The van der Waals surface area contributed by atoms with Crippen LogP contribution in [0.3, 0.4) is 0 Å². The molecule has 1 aromatic carbocycles. The number of halogens is 3. The number of ether oxygens (including phenoxy) is 1. The highest BCUT2D eigenvalue weighted by atomic mass is 19.4. The number of nitro groups is 1. The maximum absolute atomic E-state index is 11.9. The van der Waals surface area contributed by atoms with E-state index in [4.69, 9.17) is 0 Å². The van der Waals surface area contributed by atoms with Crippen LogP contribution in [0.25, 0.3) is 0 Å². The predicted octanol–water partition coefficient (Wildman–Crippen LogP) is 2.31. The first kappa shape index (κ1) is 12.0. The Hall–Kier alpha value is -2.12. The molecule has 0 saturated heterocycles. The number of nitro benzene ring substituents is 1. The van der Waals surface area contributed by atoms with Crippen LogP contribution in [0.2, 0.25) is 0 Å². The Bertz CT molecular complexity index is 430. The molecule has 8 heteroatoms. The van der Waals surface area contributed by atoms with Gasteiger partial charge in [-0.15, -0.1) is 13.2 Å². The Labute approximate surface area is 86.6 Å². The van der Waals surface area contributed by atoms with Gasteiger partial charge >= 0.3 is 6.36 Å². The van der Waals surface area contributed by atoms with Crippen molar-refractivity contribution in [1.82, 2.24) is 0 Å². The van der Waals surface area contributed by atoms with Crippen LogP contribution >= 0.6 is 0 Å². The summed E-state index contributed by atoms with van der Waals surface area (Å²) in [4.78, 5) is 19.9. The number of hydrogen-bond donors (Lipinski definition) is 0. The molecular formula is C8H4F3NO4. The first-order valence-corrected chi connectivity index (χ1v) is 3.83. The molecule has 0 fully saturated rings. The van der Waals surface area contributed by atoms with E-state index in [0.717, 1.165) is 18.2 Å². The second kappa shape index (κ2) is 4.17. The van der Waals surface area contributed by atoms with Crippen molar-refractivity contribution < 1.29 is 27.6 Å². The third-order valence-corrected chi connectivity index (χ3v) is 1.58. The first-order valence-electron chi connectivity index (χ1n) is 3.83. The van der Waals surface area contributed by atoms with E-state index in [1.54, 1.807) is 0 Å². The van der Waals surface area contributed by atoms with E-state index in [1.165, 1.54) is 0 Å². The van der Waals surface area contributed by atoms with Gasteiger partial charge in [0.15, 0.2) is 6.29 Å². The van der Waals surface area contributed by atoms with Crippen LogP contribution in [0.4, 0.5) is 18.9 Å². The summed E-state index contributed by atoms with van der Waals surface area (Å²) in [7, 11) is 0. The van der Waals surface area contributed by atoms with E-state index in [2.05, 4.69) is 4.74 Å². The van der Waals surface area contributed by atoms with Crippen LogP contribution < -0.4 is 4.74 Å². The van der Waals surface area contributed by atoms with Crippen molar-refractivity contribution in [2.24, 2.45) is 0 Å². The number of rotatable bonds is 3. The Kier molecular flexibility index (Phi) is 3.11. The molecule has 0 atom stereocenters. The monoisotopic (exact) mass is 235 g/mol. The largest absolute Gasteiger partial charge is 0.573 e. The number of carbonyl (C=O) groups excluding carboxylic acids is 1. The van der Waals surface area contributed by atoms with Crippen molar-refractivity contribution in [3.8, 4) is 5.75 Å². The van der Waals surface area contributed by atoms with E-state index in [-0.39, 0.29) is 6.29 Å². The van der Waals surface area contributed by atoms with E-state index < -0.39 is 28.3 Å². The molecule has 0 bridgehead atoms. The zero-order valence-corrected chi connectivity index (χ0v) is 7.52. The van der Waals surface area contributed by atoms with Crippen molar-refractivity contribution in [2.75, 3.05) is 0 Å². The van der Waals surface area contributed by atoms with Gasteiger partial charge in [0.05, 0.1) is 4.92 Å². The summed E-state index contributed by atoms with van der Waals surface area (Å²) < 4.78 is 39.1. The highest BCUT2D eigenvalue weighted by Gasteiger charge is 2.33. The standard InChI is InChI=1S/C8H4F3NO4/c9-8(10,11)16-7-3-1-2-6(12(14)15)5(7)4-13/h1-4H. The fourth-order valence-corrected chi connectivity index (χ4v) is 1.02. The fourth-order valence-electron chi connectivity index (χ4n) is 1.02. The molecule has 0 amide bonds. The van der Waals surface area contributed by atoms with Crippen molar-refractivity contribution in [3.63, 3.8) is 0 Å². The third-order valence-electron chi connectivity index (χ3n) is 1.58. The van der Waals surface area contributed by atoms with Crippen LogP contribution in [0, 0.1) is 10.1 Å². The molecule has 0 saturated carbocycles. The summed E-state index contributed by atoms with van der Waals surface area (Å²) in [5.41, 5.74) is -1.48. The molecular weight excluding hydrogens is 231 g/mol. The van der Waals surface area contributed by atoms with Crippen molar-refractivity contribution in [3.05, 3.63) is 33.9 Å². The number of nitrogens with zero attached hydrogens (tertiary/aromatic N) is 1. The zero-order chi connectivity index (χ0) is 12.3. The topological polar surface area (TPSA) is 69.4 Å². The molecule has 0 radical (unpaired) electrons. The summed E-state index contributed by atoms with van der Waals surface area (Å²) >= 11 is 0. The highest BCUT2D eigenvalue weighted by molar-refractivity contribution is 5.85. The zero-order valence-electron chi connectivity index (χ0n) is 7.52. The van der Waals surface area contributed by atoms with E-state index in [9.17, 15) is 28.1 Å². The molecule has 1 aromatic rings. The lowest BCUT2D eigenvalue weighted by atomic mass is 10.2. The fraction of sp³-hybridized carbons (Fsp3) is 0.125. The number of alkyl halides is 3. The highest BCUT2D eigenvalue weighted by Crippen LogP contribution is 2.30. The van der Waals surface area contributed by atoms with Gasteiger partial charge < -0.3 is 4.74 Å². The third kappa shape index (κ3) is 2.69. The van der Waals surface area contributed by atoms with Crippen LogP contribution in [0.1, 0.15) is 10.4 Å². The Balaban J connectivity index is 3.24. The van der Waals surface area contributed by atoms with Crippen LogP contribution in [0.5, 0.6) is 5.75 Å². The van der Waals surface area contributed by atoms with E-state index >= 15 is 0 Å². The van der Waals surface area contributed by atoms with Crippen LogP contribution in [-0.2, 0) is 0 Å². The van der Waals surface area contributed by atoms with E-state index in [1.807, 2.05) is 0 Å². The van der Waals surface area contributed by atoms with Gasteiger partial charge in [-0.05, 0) is 6.07 Å². The van der Waals surface area contributed by atoms with Gasteiger partial charge in [0.2, 0.25) is 0 Å². The Morgan fingerprint density at radius 3 is 2.44 bits per heavy atom. The normalized spacial score (nSPS) is 10.9. The smallest absolute Gasteiger partial charge is 0.405 e. The average molecular weight is 235 g/mol. The van der Waals surface area contributed by atoms with Crippen LogP contribution in [-0.4, -0.2) is 17.6 Å². The second-order valence-corrected chi connectivity index (χ2v) is 2.61. The molecule has 0 N–H and O–H groups in total. The summed E-state index contributed by atoms with van der Waals surface area (Å²) in [6, 6.07) is 2.73. The first-order chi connectivity index (χ1) is 7.35. The number of aldehydes is 1. The van der Waals surface area contributed by atoms with Crippen molar-refractivity contribution >= 4 is 12.0 Å². The molecule has 0 aromatic heterocycles.